The fraction of sp³-hybridized carbons (Fsp3) is 0.120. The number of benzene rings is 2. The van der Waals surface area contributed by atoms with Crippen LogP contribution in [0.1, 0.15) is 21.1 Å². The second kappa shape index (κ2) is 9.36. The van der Waals surface area contributed by atoms with E-state index >= 15 is 0 Å². The van der Waals surface area contributed by atoms with Crippen LogP contribution in [0.3, 0.4) is 0 Å². The summed E-state index contributed by atoms with van der Waals surface area (Å²) < 4.78 is 11.4. The average Bonchev–Trinajstić information content (AvgIpc) is 3.51. The lowest BCUT2D eigenvalue weighted by Crippen LogP contribution is -2.15. The molecule has 0 unspecified atom stereocenters. The molecule has 5 rings (SSSR count). The molecule has 0 spiro atoms. The molecule has 3 heterocycles. The summed E-state index contributed by atoms with van der Waals surface area (Å²) in [5.74, 6) is 0.655. The number of aryl methyl sites for hydroxylation is 1. The normalized spacial score (nSPS) is 11.1. The third-order valence-electron chi connectivity index (χ3n) is 5.40. The molecule has 5 aromatic rings. The number of aromatic nitrogens is 4. The maximum Gasteiger partial charge on any atom is 0.251 e. The number of amides is 1. The molecule has 0 aliphatic carbocycles. The Morgan fingerprint density at radius 2 is 1.91 bits per heavy atom. The highest BCUT2D eigenvalue weighted by molar-refractivity contribution is 7.14. The molecule has 0 aliphatic rings. The van der Waals surface area contributed by atoms with Crippen LogP contribution < -0.4 is 15.2 Å². The Bertz CT molecular complexity index is 1550. The van der Waals surface area contributed by atoms with Crippen molar-refractivity contribution in [2.75, 3.05) is 7.11 Å². The van der Waals surface area contributed by atoms with Crippen molar-refractivity contribution in [3.63, 3.8) is 0 Å². The largest absolute Gasteiger partial charge is 0.496 e. The van der Waals surface area contributed by atoms with E-state index < -0.39 is 5.91 Å². The Morgan fingerprint density at radius 3 is 2.66 bits per heavy atom. The van der Waals surface area contributed by atoms with Crippen molar-refractivity contribution in [2.24, 2.45) is 5.73 Å². The van der Waals surface area contributed by atoms with Crippen LogP contribution in [-0.4, -0.2) is 33.2 Å². The van der Waals surface area contributed by atoms with E-state index in [2.05, 4.69) is 20.2 Å². The first kappa shape index (κ1) is 22.8. The van der Waals surface area contributed by atoms with Crippen molar-refractivity contribution < 1.29 is 14.3 Å². The molecule has 3 aromatic heterocycles. The lowest BCUT2D eigenvalue weighted by Gasteiger charge is -2.15. The zero-order chi connectivity index (χ0) is 24.5. The molecule has 35 heavy (non-hydrogen) atoms. The highest BCUT2D eigenvalue weighted by Gasteiger charge is 2.24. The average molecular weight is 506 g/mol. The van der Waals surface area contributed by atoms with Crippen molar-refractivity contribution in [2.45, 2.75) is 13.5 Å². The van der Waals surface area contributed by atoms with E-state index in [1.165, 1.54) is 11.3 Å². The quantitative estimate of drug-likeness (QED) is 0.306. The van der Waals surface area contributed by atoms with Gasteiger partial charge in [-0.3, -0.25) is 4.79 Å². The molecule has 1 amide bonds. The summed E-state index contributed by atoms with van der Waals surface area (Å²) in [5.41, 5.74) is 9.43. The Morgan fingerprint density at radius 1 is 1.11 bits per heavy atom. The van der Waals surface area contributed by atoms with Crippen LogP contribution in [0.2, 0.25) is 5.02 Å². The number of aromatic amines is 1. The molecule has 0 saturated carbocycles. The molecule has 0 fully saturated rings. The summed E-state index contributed by atoms with van der Waals surface area (Å²) in [6.07, 6.45) is 1.85. The van der Waals surface area contributed by atoms with Gasteiger partial charge in [0, 0.05) is 38.9 Å². The number of halogens is 1. The molecular formula is C25H20ClN5O3S. The molecule has 176 valence electrons. The Kier molecular flexibility index (Phi) is 6.10. The van der Waals surface area contributed by atoms with Gasteiger partial charge in [0.2, 0.25) is 0 Å². The lowest BCUT2D eigenvalue weighted by molar-refractivity contribution is 0.100. The van der Waals surface area contributed by atoms with Crippen LogP contribution in [0.15, 0.2) is 54.7 Å². The van der Waals surface area contributed by atoms with Crippen molar-refractivity contribution in [3.8, 4) is 33.3 Å². The van der Waals surface area contributed by atoms with Crippen LogP contribution in [0.5, 0.6) is 11.5 Å². The Hall–Kier alpha value is -3.95. The third kappa shape index (κ3) is 4.55. The minimum absolute atomic E-state index is 0.210. The molecule has 0 bridgehead atoms. The van der Waals surface area contributed by atoms with E-state index in [4.69, 9.17) is 26.8 Å². The second-order valence-electron chi connectivity index (χ2n) is 7.76. The van der Waals surface area contributed by atoms with Gasteiger partial charge in [0.15, 0.2) is 10.0 Å². The fourth-order valence-electron chi connectivity index (χ4n) is 3.83. The molecule has 0 aliphatic heterocycles. The highest BCUT2D eigenvalue weighted by atomic mass is 35.5. The molecule has 0 atom stereocenters. The highest BCUT2D eigenvalue weighted by Crippen LogP contribution is 2.39. The second-order valence-corrected chi connectivity index (χ2v) is 9.26. The number of nitrogens with two attached hydrogens (primary N) is 1. The predicted octanol–water partition coefficient (Wildman–Crippen LogP) is 5.40. The Labute approximate surface area is 209 Å². The molecule has 10 heteroatoms. The summed E-state index contributed by atoms with van der Waals surface area (Å²) in [7, 11) is 1.59. The number of pyridine rings is 1. The molecule has 2 aromatic carbocycles. The van der Waals surface area contributed by atoms with Gasteiger partial charge in [0.25, 0.3) is 5.91 Å². The summed E-state index contributed by atoms with van der Waals surface area (Å²) in [6, 6.07) is 14.7. The Balaban J connectivity index is 1.56. The van der Waals surface area contributed by atoms with Crippen LogP contribution in [0.4, 0.5) is 0 Å². The number of hydrogen-bond acceptors (Lipinski definition) is 7. The SMILES string of the molecule is COc1cc2cc[nH]c2cc1-c1cc(C)nc(-c2nnc(COc3ccc(Cl)cc3)s2)c1C(N)=O. The van der Waals surface area contributed by atoms with E-state index in [-0.39, 0.29) is 12.2 Å². The van der Waals surface area contributed by atoms with E-state index in [1.807, 2.05) is 37.4 Å². The number of rotatable bonds is 7. The van der Waals surface area contributed by atoms with Crippen LogP contribution >= 0.6 is 22.9 Å². The van der Waals surface area contributed by atoms with E-state index in [0.29, 0.717) is 43.5 Å². The number of H-pyrrole nitrogens is 1. The maximum atomic E-state index is 12.7. The maximum absolute atomic E-state index is 12.7. The van der Waals surface area contributed by atoms with E-state index in [1.54, 1.807) is 31.4 Å². The topological polar surface area (TPSA) is 116 Å². The van der Waals surface area contributed by atoms with Gasteiger partial charge in [-0.1, -0.05) is 22.9 Å². The van der Waals surface area contributed by atoms with Crippen molar-refractivity contribution in [1.29, 1.82) is 0 Å². The molecule has 8 nitrogen and oxygen atoms in total. The van der Waals surface area contributed by atoms with Crippen LogP contribution in [0, 0.1) is 6.92 Å². The van der Waals surface area contributed by atoms with Gasteiger partial charge >= 0.3 is 0 Å². The van der Waals surface area contributed by atoms with E-state index in [0.717, 1.165) is 16.5 Å². The monoisotopic (exact) mass is 505 g/mol. The standard InChI is InChI=1S/C25H20ClN5O3S/c1-13-9-18(17-11-19-14(7-8-28-19)10-20(17)33-2)22(24(27)32)23(29-13)25-31-30-21(35-25)12-34-16-5-3-15(26)4-6-16/h3-11,28H,12H2,1-2H3,(H2,27,32). The number of methoxy groups -OCH3 is 1. The molecule has 0 radical (unpaired) electrons. The smallest absolute Gasteiger partial charge is 0.251 e. The third-order valence-corrected chi connectivity index (χ3v) is 6.56. The number of nitrogens with zero attached hydrogens (tertiary/aromatic N) is 3. The minimum Gasteiger partial charge on any atom is -0.496 e. The number of primary amides is 1. The first-order valence-corrected chi connectivity index (χ1v) is 11.8. The molecular weight excluding hydrogens is 486 g/mol. The first-order chi connectivity index (χ1) is 16.9. The van der Waals surface area contributed by atoms with Gasteiger partial charge < -0.3 is 20.2 Å². The summed E-state index contributed by atoms with van der Waals surface area (Å²) in [6.45, 7) is 2.06. The van der Waals surface area contributed by atoms with Crippen LogP contribution in [-0.2, 0) is 6.61 Å². The number of carbonyl (C=O) groups excluding carboxylic acids is 1. The zero-order valence-corrected chi connectivity index (χ0v) is 20.4. The number of hydrogen-bond donors (Lipinski definition) is 2. The van der Waals surface area contributed by atoms with Gasteiger partial charge in [-0.15, -0.1) is 10.2 Å². The molecule has 3 N–H and O–H groups in total. The predicted molar refractivity (Wildman–Crippen MR) is 136 cm³/mol. The van der Waals surface area contributed by atoms with Gasteiger partial charge in [-0.2, -0.15) is 0 Å². The van der Waals surface area contributed by atoms with Gasteiger partial charge in [-0.05, 0) is 55.5 Å². The summed E-state index contributed by atoms with van der Waals surface area (Å²) >= 11 is 7.21. The lowest BCUT2D eigenvalue weighted by atomic mass is 9.95. The van der Waals surface area contributed by atoms with Crippen LogP contribution in [0.25, 0.3) is 32.7 Å². The summed E-state index contributed by atoms with van der Waals surface area (Å²) in [5, 5.41) is 11.2. The number of carbonyl (C=O) groups is 1. The van der Waals surface area contributed by atoms with Gasteiger partial charge in [0.1, 0.15) is 23.8 Å². The fourth-order valence-corrected chi connectivity index (χ4v) is 4.71. The zero-order valence-electron chi connectivity index (χ0n) is 18.8. The van der Waals surface area contributed by atoms with Crippen molar-refractivity contribution in [3.05, 3.63) is 76.0 Å². The number of nitrogens with one attached hydrogen (secondary N) is 1. The minimum atomic E-state index is -0.620. The van der Waals surface area contributed by atoms with E-state index in [9.17, 15) is 4.79 Å². The molecule has 0 saturated heterocycles. The number of ether oxygens (including phenoxy) is 2. The van der Waals surface area contributed by atoms with Gasteiger partial charge in [-0.25, -0.2) is 4.98 Å². The summed E-state index contributed by atoms with van der Waals surface area (Å²) in [4.78, 5) is 20.5. The number of fused-ring (bicyclic) bond motifs is 1. The van der Waals surface area contributed by atoms with Gasteiger partial charge in [0.05, 0.1) is 12.7 Å². The van der Waals surface area contributed by atoms with Crippen molar-refractivity contribution in [1.82, 2.24) is 20.2 Å². The van der Waals surface area contributed by atoms with Crippen molar-refractivity contribution >= 4 is 39.7 Å². The first-order valence-electron chi connectivity index (χ1n) is 10.6.